The number of rotatable bonds is 6. The number of likely N-dealkylation sites (tertiary alicyclic amines) is 1. The van der Waals surface area contributed by atoms with E-state index in [1.54, 1.807) is 11.8 Å². The summed E-state index contributed by atoms with van der Waals surface area (Å²) in [5.41, 5.74) is 4.59. The van der Waals surface area contributed by atoms with Gasteiger partial charge in [0.05, 0.1) is 5.92 Å². The predicted molar refractivity (Wildman–Crippen MR) is 131 cm³/mol. The number of piperidine rings is 1. The summed E-state index contributed by atoms with van der Waals surface area (Å²) in [5.74, 6) is -1.64. The van der Waals surface area contributed by atoms with Gasteiger partial charge in [-0.05, 0) is 60.8 Å². The number of amides is 2. The van der Waals surface area contributed by atoms with Gasteiger partial charge in [-0.3, -0.25) is 9.59 Å². The van der Waals surface area contributed by atoms with Gasteiger partial charge in [-0.15, -0.1) is 0 Å². The molecule has 2 aromatic carbocycles. The van der Waals surface area contributed by atoms with Gasteiger partial charge in [0.15, 0.2) is 0 Å². The predicted octanol–water partition coefficient (Wildman–Crippen LogP) is 4.41. The molecule has 0 bridgehead atoms. The Morgan fingerprint density at radius 2 is 1.63 bits per heavy atom. The number of benzene rings is 2. The first-order valence-electron chi connectivity index (χ1n) is 12.6. The highest BCUT2D eigenvalue weighted by Gasteiger charge is 2.42. The molecule has 1 aliphatic heterocycles. The molecule has 1 saturated heterocycles. The molecular weight excluding hydrogens is 444 g/mol. The highest BCUT2D eigenvalue weighted by molar-refractivity contribution is 5.87. The molecule has 2 aliphatic carbocycles. The van der Waals surface area contributed by atoms with Crippen molar-refractivity contribution in [3.63, 3.8) is 0 Å². The van der Waals surface area contributed by atoms with Crippen LogP contribution in [0.2, 0.25) is 0 Å². The first-order valence-corrected chi connectivity index (χ1v) is 12.6. The van der Waals surface area contributed by atoms with Crippen LogP contribution in [-0.2, 0) is 14.3 Å². The number of carbonyl (C=O) groups excluding carboxylic acids is 2. The largest absolute Gasteiger partial charge is 0.481 e. The summed E-state index contributed by atoms with van der Waals surface area (Å²) in [7, 11) is 0. The summed E-state index contributed by atoms with van der Waals surface area (Å²) in [6, 6.07) is 15.2. The van der Waals surface area contributed by atoms with Crippen molar-refractivity contribution >= 4 is 18.0 Å². The van der Waals surface area contributed by atoms with Crippen molar-refractivity contribution in [1.82, 2.24) is 10.2 Å². The Bertz CT molecular complexity index is 1080. The van der Waals surface area contributed by atoms with Crippen LogP contribution in [0.4, 0.5) is 4.79 Å². The van der Waals surface area contributed by atoms with E-state index in [-0.39, 0.29) is 24.3 Å². The third kappa shape index (κ3) is 4.40. The molecule has 7 heteroatoms. The van der Waals surface area contributed by atoms with E-state index in [9.17, 15) is 19.5 Å². The SMILES string of the molecule is C[C@@H]1[C@H](C(=O)O)CCCN1C(=O)C(NC(=O)OCC1c2ccccc2-c2ccccc21)C1CCC1. The first kappa shape index (κ1) is 23.4. The second-order valence-electron chi connectivity index (χ2n) is 10.00. The van der Waals surface area contributed by atoms with Gasteiger partial charge in [0, 0.05) is 18.5 Å². The zero-order chi connectivity index (χ0) is 24.5. The maximum absolute atomic E-state index is 13.5. The third-order valence-corrected chi connectivity index (χ3v) is 8.09. The monoisotopic (exact) mass is 476 g/mol. The molecule has 1 heterocycles. The smallest absolute Gasteiger partial charge is 0.407 e. The fourth-order valence-electron chi connectivity index (χ4n) is 5.88. The number of nitrogens with zero attached hydrogens (tertiary/aromatic N) is 1. The maximum Gasteiger partial charge on any atom is 0.407 e. The molecule has 184 valence electrons. The fourth-order valence-corrected chi connectivity index (χ4v) is 5.88. The molecule has 0 radical (unpaired) electrons. The standard InChI is InChI=1S/C28H32N2O5/c1-17-19(27(32)33)14-7-15-30(17)26(31)25(18-8-6-9-18)29-28(34)35-16-24-22-12-4-2-10-20(22)21-11-3-5-13-23(21)24/h2-5,10-13,17-19,24-25H,6-9,14-16H2,1H3,(H,29,34)(H,32,33)/t17-,19-,25?/m1/s1. The minimum Gasteiger partial charge on any atom is -0.481 e. The minimum absolute atomic E-state index is 0.0514. The molecule has 3 aliphatic rings. The second-order valence-corrected chi connectivity index (χ2v) is 10.00. The van der Waals surface area contributed by atoms with Crippen LogP contribution in [-0.4, -0.2) is 53.2 Å². The van der Waals surface area contributed by atoms with Gasteiger partial charge in [-0.2, -0.15) is 0 Å². The van der Waals surface area contributed by atoms with Crippen LogP contribution in [0.1, 0.15) is 56.1 Å². The molecule has 7 nitrogen and oxygen atoms in total. The fraction of sp³-hybridized carbons (Fsp3) is 0.464. The molecule has 2 aromatic rings. The molecule has 0 spiro atoms. The van der Waals surface area contributed by atoms with Crippen molar-refractivity contribution in [3.8, 4) is 11.1 Å². The van der Waals surface area contributed by atoms with E-state index in [1.165, 1.54) is 0 Å². The summed E-state index contributed by atoms with van der Waals surface area (Å²) < 4.78 is 5.70. The Morgan fingerprint density at radius 1 is 1.00 bits per heavy atom. The molecule has 5 rings (SSSR count). The number of alkyl carbamates (subject to hydrolysis) is 1. The lowest BCUT2D eigenvalue weighted by Crippen LogP contribution is -2.58. The number of fused-ring (bicyclic) bond motifs is 3. The molecule has 2 fully saturated rings. The van der Waals surface area contributed by atoms with Crippen LogP contribution in [0, 0.1) is 11.8 Å². The van der Waals surface area contributed by atoms with Crippen molar-refractivity contribution in [1.29, 1.82) is 0 Å². The molecule has 1 unspecified atom stereocenters. The van der Waals surface area contributed by atoms with Gasteiger partial charge in [0.1, 0.15) is 12.6 Å². The van der Waals surface area contributed by atoms with Crippen molar-refractivity contribution in [2.45, 2.75) is 57.0 Å². The minimum atomic E-state index is -0.875. The lowest BCUT2D eigenvalue weighted by atomic mass is 9.78. The molecule has 2 amide bonds. The van der Waals surface area contributed by atoms with Crippen molar-refractivity contribution in [3.05, 3.63) is 59.7 Å². The highest BCUT2D eigenvalue weighted by Crippen LogP contribution is 2.44. The van der Waals surface area contributed by atoms with Crippen LogP contribution in [0.25, 0.3) is 11.1 Å². The summed E-state index contributed by atoms with van der Waals surface area (Å²) in [6.07, 6.45) is 3.36. The Kier molecular flexibility index (Phi) is 6.50. The number of aliphatic carboxylic acids is 1. The second kappa shape index (κ2) is 9.72. The summed E-state index contributed by atoms with van der Waals surface area (Å²) in [4.78, 5) is 39.7. The molecule has 3 atom stereocenters. The quantitative estimate of drug-likeness (QED) is 0.644. The van der Waals surface area contributed by atoms with E-state index < -0.39 is 30.1 Å². The molecule has 35 heavy (non-hydrogen) atoms. The Balaban J connectivity index is 1.27. The molecule has 0 aromatic heterocycles. The van der Waals surface area contributed by atoms with Crippen molar-refractivity contribution in [2.75, 3.05) is 13.2 Å². The number of carbonyl (C=O) groups is 3. The van der Waals surface area contributed by atoms with Gasteiger partial charge in [-0.1, -0.05) is 55.0 Å². The van der Waals surface area contributed by atoms with Crippen LogP contribution in [0.5, 0.6) is 0 Å². The molecular formula is C28H32N2O5. The van der Waals surface area contributed by atoms with Gasteiger partial charge < -0.3 is 20.1 Å². The maximum atomic E-state index is 13.5. The van der Waals surface area contributed by atoms with Crippen molar-refractivity contribution < 1.29 is 24.2 Å². The number of ether oxygens (including phenoxy) is 1. The molecule has 2 N–H and O–H groups in total. The zero-order valence-corrected chi connectivity index (χ0v) is 20.0. The average Bonchev–Trinajstić information content (AvgIpc) is 3.14. The van der Waals surface area contributed by atoms with Crippen LogP contribution >= 0.6 is 0 Å². The van der Waals surface area contributed by atoms with Gasteiger partial charge in [-0.25, -0.2) is 4.79 Å². The van der Waals surface area contributed by atoms with Gasteiger partial charge in [0.25, 0.3) is 0 Å². The molecule has 1 saturated carbocycles. The lowest BCUT2D eigenvalue weighted by molar-refractivity contribution is -0.150. The van der Waals surface area contributed by atoms with Gasteiger partial charge >= 0.3 is 12.1 Å². The van der Waals surface area contributed by atoms with Crippen LogP contribution in [0.15, 0.2) is 48.5 Å². The topological polar surface area (TPSA) is 95.9 Å². The van der Waals surface area contributed by atoms with E-state index in [0.29, 0.717) is 19.4 Å². The van der Waals surface area contributed by atoms with E-state index >= 15 is 0 Å². The van der Waals surface area contributed by atoms with Gasteiger partial charge in [0.2, 0.25) is 5.91 Å². The Hall–Kier alpha value is -3.35. The van der Waals surface area contributed by atoms with E-state index in [4.69, 9.17) is 4.74 Å². The normalized spacial score (nSPS) is 22.5. The number of hydrogen-bond acceptors (Lipinski definition) is 4. The number of carboxylic acids is 1. The van der Waals surface area contributed by atoms with Crippen LogP contribution in [0.3, 0.4) is 0 Å². The first-order chi connectivity index (χ1) is 17.0. The summed E-state index contributed by atoms with van der Waals surface area (Å²) >= 11 is 0. The van der Waals surface area contributed by atoms with E-state index in [2.05, 4.69) is 29.6 Å². The number of hydrogen-bond donors (Lipinski definition) is 2. The number of nitrogens with one attached hydrogen (secondary N) is 1. The zero-order valence-electron chi connectivity index (χ0n) is 20.0. The van der Waals surface area contributed by atoms with Crippen molar-refractivity contribution in [2.24, 2.45) is 11.8 Å². The Morgan fingerprint density at radius 3 is 2.20 bits per heavy atom. The van der Waals surface area contributed by atoms with Crippen LogP contribution < -0.4 is 5.32 Å². The third-order valence-electron chi connectivity index (χ3n) is 8.09. The van der Waals surface area contributed by atoms with E-state index in [1.807, 2.05) is 24.3 Å². The van der Waals surface area contributed by atoms with E-state index in [0.717, 1.165) is 41.5 Å². The highest BCUT2D eigenvalue weighted by atomic mass is 16.5. The number of carboxylic acid groups (broad SMARTS) is 1. The summed E-state index contributed by atoms with van der Waals surface area (Å²) in [6.45, 7) is 2.49. The average molecular weight is 477 g/mol. The summed E-state index contributed by atoms with van der Waals surface area (Å²) in [5, 5.41) is 12.4. The Labute approximate surface area is 205 Å². The lowest BCUT2D eigenvalue weighted by Gasteiger charge is -2.42.